The van der Waals surface area contributed by atoms with Gasteiger partial charge in [-0.05, 0) is 51.2 Å². The van der Waals surface area contributed by atoms with Crippen molar-refractivity contribution in [3.8, 4) is 6.07 Å². The molecule has 188 valence electrons. The molecule has 35 heavy (non-hydrogen) atoms. The Morgan fingerprint density at radius 3 is 2.43 bits per heavy atom. The largest absolute Gasteiger partial charge is 0.466 e. The van der Waals surface area contributed by atoms with E-state index in [1.807, 2.05) is 13.8 Å². The number of pyridine rings is 1. The van der Waals surface area contributed by atoms with Gasteiger partial charge >= 0.3 is 5.97 Å². The molecule has 2 aliphatic heterocycles. The van der Waals surface area contributed by atoms with E-state index >= 15 is 0 Å². The minimum absolute atomic E-state index is 0.0823. The lowest BCUT2D eigenvalue weighted by Crippen LogP contribution is -2.41. The van der Waals surface area contributed by atoms with Gasteiger partial charge in [0.05, 0.1) is 17.4 Å². The number of hydrogen-bond acceptors (Lipinski definition) is 8. The fourth-order valence-corrected chi connectivity index (χ4v) is 5.84. The number of carbonyl (C=O) groups is 2. The molecule has 0 bridgehead atoms. The molecule has 8 nitrogen and oxygen atoms in total. The van der Waals surface area contributed by atoms with Crippen LogP contribution in [0.3, 0.4) is 0 Å². The van der Waals surface area contributed by atoms with Gasteiger partial charge in [0.2, 0.25) is 0 Å². The molecule has 0 aliphatic carbocycles. The molecule has 2 aliphatic rings. The zero-order valence-electron chi connectivity index (χ0n) is 20.8. The van der Waals surface area contributed by atoms with E-state index in [4.69, 9.17) is 17.0 Å². The molecule has 0 saturated carbocycles. The molecule has 0 atom stereocenters. The first-order chi connectivity index (χ1) is 16.8. The maximum atomic E-state index is 13.3. The number of thiocarbonyl (C=S) groups is 1. The second-order valence-electron chi connectivity index (χ2n) is 8.65. The Morgan fingerprint density at radius 1 is 1.20 bits per heavy atom. The summed E-state index contributed by atoms with van der Waals surface area (Å²) in [5, 5.41) is 9.78. The fraction of sp³-hybridized carbons (Fsp3) is 0.560. The van der Waals surface area contributed by atoms with Crippen LogP contribution in [-0.2, 0) is 20.9 Å². The first-order valence-corrected chi connectivity index (χ1v) is 13.4. The third-order valence-electron chi connectivity index (χ3n) is 6.30. The molecule has 0 N–H and O–H groups in total. The normalized spacial score (nSPS) is 17.9. The summed E-state index contributed by atoms with van der Waals surface area (Å²) < 4.78 is 7.36. The average molecular weight is 517 g/mol. The molecule has 0 unspecified atom stereocenters. The quantitative estimate of drug-likeness (QED) is 0.292. The zero-order valence-corrected chi connectivity index (χ0v) is 22.4. The maximum absolute atomic E-state index is 13.3. The van der Waals surface area contributed by atoms with Crippen molar-refractivity contribution in [2.75, 3.05) is 31.1 Å². The third kappa shape index (κ3) is 5.46. The van der Waals surface area contributed by atoms with Gasteiger partial charge < -0.3 is 9.64 Å². The van der Waals surface area contributed by atoms with Gasteiger partial charge in [-0.2, -0.15) is 5.26 Å². The molecular weight excluding hydrogens is 484 g/mol. The van der Waals surface area contributed by atoms with Gasteiger partial charge in [0, 0.05) is 31.7 Å². The standard InChI is InChI=1S/C25H32N4O4S2/c1-5-10-28-21(27-12-8-17(9-13-27)24(32)33-7-3)18(16(4)19(15-26)22(28)30)14-20-23(31)29(11-6-2)25(34)35-20/h14,17H,5-13H2,1-4H3/b20-14+. The fourth-order valence-electron chi connectivity index (χ4n) is 4.55. The second kappa shape index (κ2) is 11.9. The number of anilines is 1. The van der Waals surface area contributed by atoms with Gasteiger partial charge in [-0.15, -0.1) is 0 Å². The molecular formula is C25H32N4O4S2. The molecule has 1 amide bonds. The predicted molar refractivity (Wildman–Crippen MR) is 142 cm³/mol. The summed E-state index contributed by atoms with van der Waals surface area (Å²) in [6.07, 6.45) is 4.49. The molecule has 0 spiro atoms. The lowest BCUT2D eigenvalue weighted by molar-refractivity contribution is -0.148. The summed E-state index contributed by atoms with van der Waals surface area (Å²) in [6, 6.07) is 2.07. The van der Waals surface area contributed by atoms with Crippen LogP contribution in [0.15, 0.2) is 9.70 Å². The Kier molecular flexibility index (Phi) is 9.14. The van der Waals surface area contributed by atoms with Gasteiger partial charge in [0.15, 0.2) is 0 Å². The molecule has 1 aromatic heterocycles. The molecule has 3 heterocycles. The lowest BCUT2D eigenvalue weighted by atomic mass is 9.95. The average Bonchev–Trinajstić information content (AvgIpc) is 3.10. The lowest BCUT2D eigenvalue weighted by Gasteiger charge is -2.35. The Morgan fingerprint density at radius 2 is 1.86 bits per heavy atom. The van der Waals surface area contributed by atoms with E-state index in [-0.39, 0.29) is 28.9 Å². The van der Waals surface area contributed by atoms with E-state index in [9.17, 15) is 19.6 Å². The zero-order chi connectivity index (χ0) is 25.7. The minimum atomic E-state index is -0.329. The number of esters is 1. The number of thioether (sulfide) groups is 1. The number of carbonyl (C=O) groups excluding carboxylic acids is 2. The second-order valence-corrected chi connectivity index (χ2v) is 10.3. The number of hydrogen-bond donors (Lipinski definition) is 0. The van der Waals surface area contributed by atoms with Crippen LogP contribution in [0.2, 0.25) is 0 Å². The maximum Gasteiger partial charge on any atom is 0.309 e. The monoisotopic (exact) mass is 516 g/mol. The first kappa shape index (κ1) is 27.0. The van der Waals surface area contributed by atoms with Crippen LogP contribution >= 0.6 is 24.0 Å². The van der Waals surface area contributed by atoms with Gasteiger partial charge in [-0.25, -0.2) is 0 Å². The summed E-state index contributed by atoms with van der Waals surface area (Å²) in [5.74, 6) is 0.177. The molecule has 3 rings (SSSR count). The van der Waals surface area contributed by atoms with Gasteiger partial charge in [-0.1, -0.05) is 37.8 Å². The smallest absolute Gasteiger partial charge is 0.309 e. The topological polar surface area (TPSA) is 95.6 Å². The van der Waals surface area contributed by atoms with Crippen molar-refractivity contribution in [1.82, 2.24) is 9.47 Å². The van der Waals surface area contributed by atoms with E-state index < -0.39 is 0 Å². The first-order valence-electron chi connectivity index (χ1n) is 12.1. The van der Waals surface area contributed by atoms with Crippen LogP contribution < -0.4 is 10.5 Å². The van der Waals surface area contributed by atoms with Crippen molar-refractivity contribution >= 4 is 52.1 Å². The Labute approximate surface area is 215 Å². The van der Waals surface area contributed by atoms with Crippen LogP contribution in [0.25, 0.3) is 6.08 Å². The molecule has 1 aromatic rings. The SMILES string of the molecule is CCCN1C(=O)/C(=C\c2c(C)c(C#N)c(=O)n(CCC)c2N2CCC(C(=O)OCC)CC2)SC1=S. The highest BCUT2D eigenvalue weighted by Crippen LogP contribution is 2.37. The Balaban J connectivity index is 2.12. The van der Waals surface area contributed by atoms with Crippen LogP contribution in [0.4, 0.5) is 5.82 Å². The molecule has 2 saturated heterocycles. The molecule has 0 aromatic carbocycles. The highest BCUT2D eigenvalue weighted by molar-refractivity contribution is 8.26. The van der Waals surface area contributed by atoms with Crippen molar-refractivity contribution in [1.29, 1.82) is 5.26 Å². The number of ether oxygens (including phenoxy) is 1. The van der Waals surface area contributed by atoms with E-state index in [1.54, 1.807) is 29.4 Å². The summed E-state index contributed by atoms with van der Waals surface area (Å²) in [6.45, 7) is 9.99. The number of nitriles is 1. The third-order valence-corrected chi connectivity index (χ3v) is 7.68. The molecule has 2 fully saturated rings. The summed E-state index contributed by atoms with van der Waals surface area (Å²) in [5.41, 5.74) is 0.984. The number of rotatable bonds is 8. The van der Waals surface area contributed by atoms with Crippen molar-refractivity contribution < 1.29 is 14.3 Å². The van der Waals surface area contributed by atoms with E-state index in [0.29, 0.717) is 78.2 Å². The van der Waals surface area contributed by atoms with E-state index in [0.717, 1.165) is 6.42 Å². The van der Waals surface area contributed by atoms with Crippen molar-refractivity contribution in [3.05, 3.63) is 31.9 Å². The van der Waals surface area contributed by atoms with Crippen molar-refractivity contribution in [3.63, 3.8) is 0 Å². The van der Waals surface area contributed by atoms with Crippen LogP contribution in [0.1, 0.15) is 63.1 Å². The highest BCUT2D eigenvalue weighted by atomic mass is 32.2. The van der Waals surface area contributed by atoms with Gasteiger partial charge in [0.1, 0.15) is 21.8 Å². The minimum Gasteiger partial charge on any atom is -0.466 e. The molecule has 0 radical (unpaired) electrons. The van der Waals surface area contributed by atoms with Gasteiger partial charge in [-0.3, -0.25) is 23.9 Å². The predicted octanol–water partition coefficient (Wildman–Crippen LogP) is 3.83. The van der Waals surface area contributed by atoms with E-state index in [2.05, 4.69) is 11.0 Å². The van der Waals surface area contributed by atoms with Crippen LogP contribution in [0.5, 0.6) is 0 Å². The van der Waals surface area contributed by atoms with Crippen molar-refractivity contribution in [2.24, 2.45) is 5.92 Å². The van der Waals surface area contributed by atoms with Crippen LogP contribution in [0, 0.1) is 24.2 Å². The number of nitrogens with zero attached hydrogens (tertiary/aromatic N) is 4. The summed E-state index contributed by atoms with van der Waals surface area (Å²) in [7, 11) is 0. The highest BCUT2D eigenvalue weighted by Gasteiger charge is 2.34. The van der Waals surface area contributed by atoms with E-state index in [1.165, 1.54) is 11.8 Å². The van der Waals surface area contributed by atoms with Crippen molar-refractivity contribution in [2.45, 2.75) is 59.9 Å². The summed E-state index contributed by atoms with van der Waals surface area (Å²) >= 11 is 6.67. The Bertz CT molecular complexity index is 1140. The number of aromatic nitrogens is 1. The number of amides is 1. The number of piperidine rings is 1. The van der Waals surface area contributed by atoms with Crippen LogP contribution in [-0.4, -0.2) is 51.9 Å². The molecule has 10 heteroatoms. The van der Waals surface area contributed by atoms with Gasteiger partial charge in [0.25, 0.3) is 11.5 Å². The summed E-state index contributed by atoms with van der Waals surface area (Å²) in [4.78, 5) is 42.8. The Hall–Kier alpha value is -2.64.